The van der Waals surface area contributed by atoms with Crippen LogP contribution in [0.15, 0.2) is 413 Å². The van der Waals surface area contributed by atoms with Crippen LogP contribution in [0.3, 0.4) is 0 Å². The lowest BCUT2D eigenvalue weighted by atomic mass is 9.66. The van der Waals surface area contributed by atoms with Crippen LogP contribution >= 0.6 is 0 Å². The van der Waals surface area contributed by atoms with Crippen molar-refractivity contribution in [3.8, 4) is 124 Å². The summed E-state index contributed by atoms with van der Waals surface area (Å²) in [6.45, 7) is 0. The van der Waals surface area contributed by atoms with E-state index in [1.807, 2.05) is 36.4 Å². The van der Waals surface area contributed by atoms with E-state index in [0.717, 1.165) is 184 Å². The van der Waals surface area contributed by atoms with Crippen molar-refractivity contribution in [2.24, 2.45) is 0 Å². The molecule has 22 aromatic rings. The van der Waals surface area contributed by atoms with Crippen LogP contribution in [0.25, 0.3) is 171 Å². The second-order valence-electron chi connectivity index (χ2n) is 32.4. The van der Waals surface area contributed by atoms with Crippen molar-refractivity contribution < 1.29 is 9.47 Å². The predicted octanol–water partition coefficient (Wildman–Crippen LogP) is 28.6. The van der Waals surface area contributed by atoms with Crippen LogP contribution in [0.1, 0.15) is 50.1 Å². The Morgan fingerprint density at radius 3 is 1.07 bits per heavy atom. The first-order valence-electron chi connectivity index (χ1n) is 41.8. The molecular weight excluding hydrogens is 1500 g/mol. The second kappa shape index (κ2) is 27.3. The Hall–Kier alpha value is -16.5. The maximum atomic E-state index is 9.60. The first-order chi connectivity index (χ1) is 60.9. The van der Waals surface area contributed by atoms with Gasteiger partial charge in [-0.25, -0.2) is 19.9 Å². The van der Waals surface area contributed by atoms with Crippen LogP contribution in [-0.4, -0.2) is 24.5 Å². The molecule has 2 spiro atoms. The largest absolute Gasteiger partial charge is 0.457 e. The van der Waals surface area contributed by atoms with Crippen LogP contribution in [0.2, 0.25) is 0 Å². The molecule has 0 bridgehead atoms. The highest BCUT2D eigenvalue weighted by Crippen LogP contribution is 2.65. The standard InChI is InChI=1S/C58H35N3O.C57H33N3O/c1-3-15-37(16-4-1)56-57(38-17-5-2-6-18-38)61-52-33-40(31-32-51(52)60-56)36-27-29-39(30-28-36)55-45-34-44-41-19-7-9-21-46(41)58(49(44)35-43(45)42-20-8-12-24-50(42)59-55)47-22-10-13-25-53(47)62-54-26-14-11-23-48(54)58;58-34-35-21-30-53-45(31-35)42-13-3-8-18-52(42)60(53)39-28-26-37(27-29-39)36-22-24-38(25-23-36)56-46-32-44-40-11-1-4-14-47(40)57(50(44)33-43(46)41-12-2-7-17-51(41)59-56)48-15-5-9-19-54(48)61-55-20-10-6-16-49(55)57/h1-35H;1-33H. The third-order valence-corrected chi connectivity index (χ3v) is 26.0. The van der Waals surface area contributed by atoms with E-state index < -0.39 is 10.8 Å². The summed E-state index contributed by atoms with van der Waals surface area (Å²) in [5, 5.41) is 18.7. The summed E-state index contributed by atoms with van der Waals surface area (Å²) in [7, 11) is 0. The highest BCUT2D eigenvalue weighted by atomic mass is 16.5. The fourth-order valence-electron chi connectivity index (χ4n) is 20.6. The SMILES string of the molecule is N#Cc1ccc2c(c1)c1ccccc1n2-c1ccc(-c2ccc(-c3nc4ccccc4c4cc5c(cc34)-c3ccccc3C53c4ccccc4Oc4ccccc43)cc2)cc1.c1ccc(-c2nc3ccc(-c4ccc(-c5nc6ccccc6c6cc7c(cc56)-c5ccccc5C75c6ccccc6Oc6ccccc65)cc4)cc3nc2-c2ccccc2)cc1. The minimum Gasteiger partial charge on any atom is -0.457 e. The molecule has 0 fully saturated rings. The zero-order valence-corrected chi connectivity index (χ0v) is 66.3. The van der Waals surface area contributed by atoms with Crippen molar-refractivity contribution in [1.29, 1.82) is 5.26 Å². The summed E-state index contributed by atoms with van der Waals surface area (Å²) >= 11 is 0. The van der Waals surface area contributed by atoms with Gasteiger partial charge in [0.25, 0.3) is 0 Å². The number of hydrogen-bond acceptors (Lipinski definition) is 7. The molecule has 4 aliphatic rings. The number of hydrogen-bond donors (Lipinski definition) is 0. The van der Waals surface area contributed by atoms with Crippen molar-refractivity contribution in [3.05, 3.63) is 463 Å². The van der Waals surface area contributed by atoms with Crippen molar-refractivity contribution in [1.82, 2.24) is 24.5 Å². The van der Waals surface area contributed by atoms with Crippen molar-refractivity contribution >= 4 is 76.2 Å². The minimum atomic E-state index is -0.549. The van der Waals surface area contributed by atoms with E-state index >= 15 is 0 Å². The van der Waals surface area contributed by atoms with Gasteiger partial charge in [0.1, 0.15) is 23.0 Å². The summed E-state index contributed by atoms with van der Waals surface area (Å²) in [5.74, 6) is 3.56. The molecule has 26 rings (SSSR count). The quantitative estimate of drug-likeness (QED) is 0.147. The third kappa shape index (κ3) is 10.5. The smallest absolute Gasteiger partial charge is 0.132 e. The minimum absolute atomic E-state index is 0.546. The maximum absolute atomic E-state index is 9.60. The number of nitriles is 1. The average Bonchev–Trinajstić information content (AvgIpc) is 1.54. The van der Waals surface area contributed by atoms with E-state index in [9.17, 15) is 5.26 Å². The molecule has 0 saturated heterocycles. The molecule has 0 atom stereocenters. The lowest BCUT2D eigenvalue weighted by molar-refractivity contribution is 0.436. The molecule has 570 valence electrons. The fraction of sp³-hybridized carbons (Fsp3) is 0.0174. The van der Waals surface area contributed by atoms with Gasteiger partial charge in [0.15, 0.2) is 0 Å². The molecule has 0 N–H and O–H groups in total. The topological polar surface area (TPSA) is 98.7 Å². The van der Waals surface area contributed by atoms with Gasteiger partial charge in [-0.2, -0.15) is 5.26 Å². The molecule has 4 aromatic heterocycles. The van der Waals surface area contributed by atoms with Gasteiger partial charge in [0, 0.05) is 82.5 Å². The molecular formula is C115H68N6O2. The molecule has 0 amide bonds. The zero-order valence-electron chi connectivity index (χ0n) is 66.3. The molecule has 2 aliphatic carbocycles. The normalized spacial score (nSPS) is 13.1. The average molecular weight is 1570 g/mol. The van der Waals surface area contributed by atoms with E-state index in [1.165, 1.54) is 55.3 Å². The Balaban J connectivity index is 0.000000135. The molecule has 18 aromatic carbocycles. The highest BCUT2D eigenvalue weighted by molar-refractivity contribution is 6.16. The van der Waals surface area contributed by atoms with E-state index in [-0.39, 0.29) is 0 Å². The van der Waals surface area contributed by atoms with E-state index in [0.29, 0.717) is 5.56 Å². The first kappa shape index (κ1) is 69.6. The first-order valence-corrected chi connectivity index (χ1v) is 41.8. The number of benzene rings is 18. The fourth-order valence-corrected chi connectivity index (χ4v) is 20.6. The van der Waals surface area contributed by atoms with Crippen LogP contribution in [0, 0.1) is 11.3 Å². The number of fused-ring (bicyclic) bond motifs is 28. The molecule has 8 heteroatoms. The predicted molar refractivity (Wildman–Crippen MR) is 498 cm³/mol. The summed E-state index contributed by atoms with van der Waals surface area (Å²) in [5.41, 5.74) is 33.4. The van der Waals surface area contributed by atoms with Crippen LogP contribution in [-0.2, 0) is 10.8 Å². The van der Waals surface area contributed by atoms with Crippen LogP contribution < -0.4 is 9.47 Å². The summed E-state index contributed by atoms with van der Waals surface area (Å²) in [6, 6.07) is 149. The van der Waals surface area contributed by atoms with Gasteiger partial charge in [0.2, 0.25) is 0 Å². The summed E-state index contributed by atoms with van der Waals surface area (Å²) in [6.07, 6.45) is 0. The van der Waals surface area contributed by atoms with E-state index in [2.05, 4.69) is 387 Å². The number of rotatable bonds is 7. The number of aromatic nitrogens is 5. The van der Waals surface area contributed by atoms with Gasteiger partial charge in [-0.05, 0) is 187 Å². The zero-order chi connectivity index (χ0) is 81.0. The van der Waals surface area contributed by atoms with E-state index in [4.69, 9.17) is 29.4 Å². The number of pyridine rings is 2. The number of ether oxygens (including phenoxy) is 2. The Labute approximate surface area is 708 Å². The highest BCUT2D eigenvalue weighted by Gasteiger charge is 2.53. The number of nitrogens with zero attached hydrogens (tertiary/aromatic N) is 6. The van der Waals surface area contributed by atoms with E-state index in [1.54, 1.807) is 0 Å². The monoisotopic (exact) mass is 1560 g/mol. The Morgan fingerprint density at radius 2 is 0.585 bits per heavy atom. The second-order valence-corrected chi connectivity index (χ2v) is 32.4. The van der Waals surface area contributed by atoms with Crippen LogP contribution in [0.4, 0.5) is 0 Å². The van der Waals surface area contributed by atoms with Gasteiger partial charge >= 0.3 is 0 Å². The van der Waals surface area contributed by atoms with Gasteiger partial charge in [-0.3, -0.25) is 0 Å². The Kier molecular flexibility index (Phi) is 15.5. The molecule has 0 saturated carbocycles. The van der Waals surface area contributed by atoms with Crippen molar-refractivity contribution in [2.45, 2.75) is 10.8 Å². The van der Waals surface area contributed by atoms with Gasteiger partial charge in [0.05, 0.1) is 78.3 Å². The van der Waals surface area contributed by atoms with Crippen molar-refractivity contribution in [3.63, 3.8) is 0 Å². The van der Waals surface area contributed by atoms with Gasteiger partial charge in [-0.1, -0.05) is 303 Å². The summed E-state index contributed by atoms with van der Waals surface area (Å²) < 4.78 is 15.5. The Morgan fingerprint density at radius 1 is 0.220 bits per heavy atom. The third-order valence-electron chi connectivity index (χ3n) is 26.0. The number of para-hydroxylation sites is 7. The van der Waals surface area contributed by atoms with Gasteiger partial charge < -0.3 is 14.0 Å². The molecule has 8 nitrogen and oxygen atoms in total. The van der Waals surface area contributed by atoms with Crippen LogP contribution in [0.5, 0.6) is 23.0 Å². The summed E-state index contributed by atoms with van der Waals surface area (Å²) in [4.78, 5) is 21.2. The molecule has 0 unspecified atom stereocenters. The molecule has 123 heavy (non-hydrogen) atoms. The maximum Gasteiger partial charge on any atom is 0.132 e. The lowest BCUT2D eigenvalue weighted by Gasteiger charge is -2.39. The van der Waals surface area contributed by atoms with Crippen molar-refractivity contribution in [2.75, 3.05) is 0 Å². The molecule has 6 heterocycles. The van der Waals surface area contributed by atoms with Gasteiger partial charge in [-0.15, -0.1) is 0 Å². The molecule has 0 radical (unpaired) electrons. The molecule has 2 aliphatic heterocycles. The lowest BCUT2D eigenvalue weighted by Crippen LogP contribution is -2.32. The Bertz CT molecular complexity index is 8160.